The molecule has 142 valence electrons. The monoisotopic (exact) mass is 375 g/mol. The summed E-state index contributed by atoms with van der Waals surface area (Å²) in [6, 6.07) is 14.6. The average Bonchev–Trinajstić information content (AvgIpc) is 2.64. The Morgan fingerprint density at radius 1 is 0.846 bits per heavy atom. The molecule has 2 aromatic carbocycles. The molecule has 0 aromatic heterocycles. The van der Waals surface area contributed by atoms with Gasteiger partial charge in [-0.3, -0.25) is 4.99 Å². The minimum absolute atomic E-state index is 0.112. The molecule has 0 atom stereocenters. The van der Waals surface area contributed by atoms with Crippen molar-refractivity contribution in [2.24, 2.45) is 4.99 Å². The topological polar surface area (TPSA) is 93.3 Å². The highest BCUT2D eigenvalue weighted by atomic mass is 28.3. The number of nitrogens with zero attached hydrogens (tertiary/aromatic N) is 1. The third-order valence-electron chi connectivity index (χ3n) is 5.08. The Labute approximate surface area is 155 Å². The molecule has 0 saturated heterocycles. The SMILES string of the molecule is OCC[Si](CCO)(CCO)CCCN=Cc1ccc2ccccc2c1O. The van der Waals surface area contributed by atoms with Gasteiger partial charge in [0.15, 0.2) is 0 Å². The second kappa shape index (κ2) is 10.4. The van der Waals surface area contributed by atoms with Crippen LogP contribution in [0.5, 0.6) is 5.75 Å². The third-order valence-corrected chi connectivity index (χ3v) is 10.3. The normalized spacial score (nSPS) is 12.3. The summed E-state index contributed by atoms with van der Waals surface area (Å²) in [5.74, 6) is 0.247. The molecule has 0 saturated carbocycles. The Morgan fingerprint density at radius 2 is 1.50 bits per heavy atom. The number of fused-ring (bicyclic) bond motifs is 1. The van der Waals surface area contributed by atoms with Crippen molar-refractivity contribution in [1.29, 1.82) is 0 Å². The smallest absolute Gasteiger partial charge is 0.132 e. The molecule has 0 spiro atoms. The van der Waals surface area contributed by atoms with Gasteiger partial charge in [0.1, 0.15) is 5.75 Å². The van der Waals surface area contributed by atoms with Crippen LogP contribution in [-0.2, 0) is 0 Å². The van der Waals surface area contributed by atoms with E-state index < -0.39 is 8.07 Å². The molecule has 26 heavy (non-hydrogen) atoms. The van der Waals surface area contributed by atoms with Gasteiger partial charge >= 0.3 is 0 Å². The maximum atomic E-state index is 10.4. The summed E-state index contributed by atoms with van der Waals surface area (Å²) in [5, 5.41) is 40.2. The molecule has 0 aliphatic rings. The number of benzene rings is 2. The van der Waals surface area contributed by atoms with E-state index in [1.165, 1.54) is 0 Å². The molecule has 6 heteroatoms. The molecule has 0 radical (unpaired) electrons. The highest BCUT2D eigenvalue weighted by molar-refractivity contribution is 6.80. The van der Waals surface area contributed by atoms with Gasteiger partial charge in [0.05, 0.1) is 8.07 Å². The summed E-state index contributed by atoms with van der Waals surface area (Å²) in [7, 11) is -1.85. The highest BCUT2D eigenvalue weighted by Crippen LogP contribution is 2.28. The Balaban J connectivity index is 1.97. The third kappa shape index (κ3) is 5.38. The summed E-state index contributed by atoms with van der Waals surface area (Å²) >= 11 is 0. The number of phenolic OH excluding ortho intramolecular Hbond substituents is 1. The lowest BCUT2D eigenvalue weighted by Gasteiger charge is -2.30. The van der Waals surface area contributed by atoms with Crippen molar-refractivity contribution in [3.8, 4) is 5.75 Å². The van der Waals surface area contributed by atoms with Gasteiger partial charge < -0.3 is 20.4 Å². The van der Waals surface area contributed by atoms with E-state index in [-0.39, 0.29) is 25.6 Å². The minimum Gasteiger partial charge on any atom is -0.507 e. The number of aliphatic hydroxyl groups is 3. The van der Waals surface area contributed by atoms with Crippen molar-refractivity contribution in [3.63, 3.8) is 0 Å². The molecule has 0 heterocycles. The van der Waals surface area contributed by atoms with Crippen molar-refractivity contribution < 1.29 is 20.4 Å². The zero-order valence-electron chi connectivity index (χ0n) is 15.1. The highest BCUT2D eigenvalue weighted by Gasteiger charge is 2.30. The van der Waals surface area contributed by atoms with Crippen LogP contribution in [-0.4, -0.2) is 61.1 Å². The number of phenols is 1. The Morgan fingerprint density at radius 3 is 2.15 bits per heavy atom. The van der Waals surface area contributed by atoms with Gasteiger partial charge in [-0.1, -0.05) is 36.4 Å². The van der Waals surface area contributed by atoms with E-state index in [9.17, 15) is 20.4 Å². The molecule has 0 aliphatic heterocycles. The van der Waals surface area contributed by atoms with Crippen LogP contribution in [0.15, 0.2) is 41.4 Å². The zero-order chi connectivity index (χ0) is 18.8. The zero-order valence-corrected chi connectivity index (χ0v) is 16.1. The van der Waals surface area contributed by atoms with Crippen molar-refractivity contribution in [2.75, 3.05) is 26.4 Å². The Hall–Kier alpha value is -1.73. The van der Waals surface area contributed by atoms with Crippen LogP contribution in [0.1, 0.15) is 12.0 Å². The van der Waals surface area contributed by atoms with Gasteiger partial charge in [0.2, 0.25) is 0 Å². The minimum atomic E-state index is -1.85. The first kappa shape index (κ1) is 20.6. The van der Waals surface area contributed by atoms with E-state index >= 15 is 0 Å². The summed E-state index contributed by atoms with van der Waals surface area (Å²) in [5.41, 5.74) is 0.702. The second-order valence-electron chi connectivity index (χ2n) is 6.78. The molecule has 0 fully saturated rings. The summed E-state index contributed by atoms with van der Waals surface area (Å²) < 4.78 is 0. The van der Waals surface area contributed by atoms with Crippen molar-refractivity contribution in [1.82, 2.24) is 0 Å². The quantitative estimate of drug-likeness (QED) is 0.276. The molecule has 2 rings (SSSR count). The fourth-order valence-corrected chi connectivity index (χ4v) is 7.38. The maximum Gasteiger partial charge on any atom is 0.132 e. The molecule has 4 N–H and O–H groups in total. The first-order valence-corrected chi connectivity index (χ1v) is 12.0. The Bertz CT molecular complexity index is 703. The number of rotatable bonds is 11. The van der Waals surface area contributed by atoms with Crippen LogP contribution in [0.25, 0.3) is 10.8 Å². The molecule has 0 amide bonds. The first-order valence-electron chi connectivity index (χ1n) is 9.19. The number of aromatic hydroxyl groups is 1. The predicted molar refractivity (Wildman–Crippen MR) is 109 cm³/mol. The number of aliphatic hydroxyl groups excluding tert-OH is 3. The molecule has 0 unspecified atom stereocenters. The van der Waals surface area contributed by atoms with Crippen LogP contribution in [0, 0.1) is 0 Å². The van der Waals surface area contributed by atoms with E-state index in [0.717, 1.165) is 23.2 Å². The number of aliphatic imine (C=N–C) groups is 1. The van der Waals surface area contributed by atoms with E-state index in [0.29, 0.717) is 30.2 Å². The largest absolute Gasteiger partial charge is 0.507 e. The molecule has 2 aromatic rings. The average molecular weight is 376 g/mol. The lowest BCUT2D eigenvalue weighted by atomic mass is 10.1. The van der Waals surface area contributed by atoms with E-state index in [2.05, 4.69) is 4.99 Å². The lowest BCUT2D eigenvalue weighted by molar-refractivity contribution is 0.298. The van der Waals surface area contributed by atoms with Gasteiger partial charge in [0.25, 0.3) is 0 Å². The van der Waals surface area contributed by atoms with Gasteiger partial charge in [-0.05, 0) is 36.0 Å². The van der Waals surface area contributed by atoms with Crippen LogP contribution < -0.4 is 0 Å². The van der Waals surface area contributed by atoms with Crippen LogP contribution in [0.4, 0.5) is 0 Å². The van der Waals surface area contributed by atoms with Gasteiger partial charge in [-0.25, -0.2) is 0 Å². The second-order valence-corrected chi connectivity index (χ2v) is 11.8. The van der Waals surface area contributed by atoms with Gasteiger partial charge in [-0.15, -0.1) is 0 Å². The summed E-state index contributed by atoms with van der Waals surface area (Å²) in [6.45, 7) is 0.963. The summed E-state index contributed by atoms with van der Waals surface area (Å²) in [6.07, 6.45) is 2.56. The maximum absolute atomic E-state index is 10.4. The predicted octanol–water partition coefficient (Wildman–Crippen LogP) is 2.78. The van der Waals surface area contributed by atoms with E-state index in [4.69, 9.17) is 0 Å². The van der Waals surface area contributed by atoms with Gasteiger partial charge in [0, 0.05) is 43.5 Å². The van der Waals surface area contributed by atoms with Gasteiger partial charge in [-0.2, -0.15) is 0 Å². The fourth-order valence-electron chi connectivity index (χ4n) is 3.55. The van der Waals surface area contributed by atoms with Crippen LogP contribution in [0.3, 0.4) is 0 Å². The summed E-state index contributed by atoms with van der Waals surface area (Å²) in [4.78, 5) is 4.44. The van der Waals surface area contributed by atoms with Crippen molar-refractivity contribution in [2.45, 2.75) is 30.6 Å². The molecular weight excluding hydrogens is 346 g/mol. The molecule has 0 aliphatic carbocycles. The first-order chi connectivity index (χ1) is 12.7. The van der Waals surface area contributed by atoms with Crippen LogP contribution in [0.2, 0.25) is 24.2 Å². The van der Waals surface area contributed by atoms with Crippen molar-refractivity contribution >= 4 is 25.1 Å². The fraction of sp³-hybridized carbons (Fsp3) is 0.450. The number of hydrogen-bond donors (Lipinski definition) is 4. The molecular formula is C20H29NO4Si. The standard InChI is InChI=1S/C20H29NO4Si/c22-9-13-26(14-10-23,15-11-24)12-3-8-21-16-18-7-6-17-4-1-2-5-19(17)20(18)25/h1-2,4-7,16,22-25H,3,8-15H2. The molecule has 0 bridgehead atoms. The van der Waals surface area contributed by atoms with E-state index in [1.54, 1.807) is 6.21 Å². The van der Waals surface area contributed by atoms with Crippen LogP contribution >= 0.6 is 0 Å². The van der Waals surface area contributed by atoms with E-state index in [1.807, 2.05) is 36.4 Å². The molecule has 5 nitrogen and oxygen atoms in total. The van der Waals surface area contributed by atoms with Crippen molar-refractivity contribution in [3.05, 3.63) is 42.0 Å². The number of hydrogen-bond acceptors (Lipinski definition) is 5. The Kier molecular flexibility index (Phi) is 8.25. The lowest BCUT2D eigenvalue weighted by Crippen LogP contribution is -2.37.